The zero-order valence-corrected chi connectivity index (χ0v) is 8.63. The number of rotatable bonds is 2. The third-order valence-electron chi connectivity index (χ3n) is 1.000. The number of carbonyl (C=O) groups excluding carboxylic acids is 1. The van der Waals surface area contributed by atoms with Gasteiger partial charge >= 0.3 is 6.09 Å². The van der Waals surface area contributed by atoms with Crippen molar-refractivity contribution in [2.75, 3.05) is 0 Å². The zero-order chi connectivity index (χ0) is 10.3. The smallest absolute Gasteiger partial charge is 0.411 e. The summed E-state index contributed by atoms with van der Waals surface area (Å²) in [4.78, 5) is 11.0. The van der Waals surface area contributed by atoms with Crippen LogP contribution >= 0.6 is 0 Å². The van der Waals surface area contributed by atoms with Crippen LogP contribution in [0, 0.1) is 0 Å². The van der Waals surface area contributed by atoms with E-state index in [1.165, 1.54) is 6.20 Å². The molecule has 0 unspecified atom stereocenters. The molecule has 0 heterocycles. The first-order valence-corrected chi connectivity index (χ1v) is 4.23. The van der Waals surface area contributed by atoms with Gasteiger partial charge in [0, 0.05) is 6.20 Å². The average Bonchev–Trinajstić information content (AvgIpc) is 1.94. The standard InChI is InChI=1S/C10H17NO2/c1-5-6-7-8-11-9(12)13-10(2,3)4/h5-8H,1-4H3,(H,11,12)/b6-5+,8-7+. The third kappa shape index (κ3) is 8.66. The molecule has 0 fully saturated rings. The molecule has 0 radical (unpaired) electrons. The number of allylic oxidation sites excluding steroid dienone is 3. The van der Waals surface area contributed by atoms with E-state index in [-0.39, 0.29) is 0 Å². The van der Waals surface area contributed by atoms with E-state index in [1.807, 2.05) is 39.8 Å². The lowest BCUT2D eigenvalue weighted by Crippen LogP contribution is -2.29. The maximum Gasteiger partial charge on any atom is 0.411 e. The molecule has 13 heavy (non-hydrogen) atoms. The molecule has 0 saturated heterocycles. The fraction of sp³-hybridized carbons (Fsp3) is 0.500. The highest BCUT2D eigenvalue weighted by molar-refractivity contribution is 5.68. The Hall–Kier alpha value is -1.25. The minimum Gasteiger partial charge on any atom is -0.444 e. The van der Waals surface area contributed by atoms with Gasteiger partial charge in [0.15, 0.2) is 0 Å². The lowest BCUT2D eigenvalue weighted by atomic mass is 10.2. The summed E-state index contributed by atoms with van der Waals surface area (Å²) >= 11 is 0. The summed E-state index contributed by atoms with van der Waals surface area (Å²) in [5.74, 6) is 0. The summed E-state index contributed by atoms with van der Waals surface area (Å²) in [6, 6.07) is 0. The Bertz CT molecular complexity index is 211. The Morgan fingerprint density at radius 1 is 1.31 bits per heavy atom. The van der Waals surface area contributed by atoms with Crippen molar-refractivity contribution in [2.45, 2.75) is 33.3 Å². The van der Waals surface area contributed by atoms with Crippen LogP contribution in [0.4, 0.5) is 4.79 Å². The Labute approximate surface area is 79.5 Å². The van der Waals surface area contributed by atoms with E-state index in [1.54, 1.807) is 6.08 Å². The first-order valence-electron chi connectivity index (χ1n) is 4.23. The topological polar surface area (TPSA) is 38.3 Å². The molecule has 0 rings (SSSR count). The highest BCUT2D eigenvalue weighted by atomic mass is 16.6. The second-order valence-corrected chi connectivity index (χ2v) is 3.53. The van der Waals surface area contributed by atoms with Gasteiger partial charge in [-0.15, -0.1) is 0 Å². The molecule has 3 heteroatoms. The molecule has 3 nitrogen and oxygen atoms in total. The summed E-state index contributed by atoms with van der Waals surface area (Å²) in [5.41, 5.74) is -0.446. The molecular formula is C10H17NO2. The highest BCUT2D eigenvalue weighted by Crippen LogP contribution is 2.06. The Morgan fingerprint density at radius 3 is 2.38 bits per heavy atom. The minimum atomic E-state index is -0.446. The lowest BCUT2D eigenvalue weighted by molar-refractivity contribution is 0.0552. The van der Waals surface area contributed by atoms with Gasteiger partial charge in [0.2, 0.25) is 0 Å². The number of amides is 1. The zero-order valence-electron chi connectivity index (χ0n) is 8.63. The van der Waals surface area contributed by atoms with E-state index in [4.69, 9.17) is 4.74 Å². The Morgan fingerprint density at radius 2 is 1.92 bits per heavy atom. The third-order valence-corrected chi connectivity index (χ3v) is 1.000. The SMILES string of the molecule is C/C=C/C=C/NC(=O)OC(C)(C)C. The number of nitrogens with one attached hydrogen (secondary N) is 1. The number of ether oxygens (including phenoxy) is 1. The van der Waals surface area contributed by atoms with Crippen molar-refractivity contribution in [1.29, 1.82) is 0 Å². The van der Waals surface area contributed by atoms with Crippen LogP contribution in [0.15, 0.2) is 24.4 Å². The van der Waals surface area contributed by atoms with Crippen LogP contribution in [-0.4, -0.2) is 11.7 Å². The van der Waals surface area contributed by atoms with Crippen molar-refractivity contribution in [3.63, 3.8) is 0 Å². The molecule has 0 aliphatic carbocycles. The molecule has 74 valence electrons. The summed E-state index contributed by atoms with van der Waals surface area (Å²) in [6.45, 7) is 7.37. The van der Waals surface area contributed by atoms with Crippen LogP contribution < -0.4 is 5.32 Å². The van der Waals surface area contributed by atoms with Crippen LogP contribution in [0.1, 0.15) is 27.7 Å². The van der Waals surface area contributed by atoms with Gasteiger partial charge in [-0.3, -0.25) is 5.32 Å². The summed E-state index contributed by atoms with van der Waals surface area (Å²) < 4.78 is 4.99. The van der Waals surface area contributed by atoms with E-state index >= 15 is 0 Å². The molecule has 0 aromatic rings. The molecule has 0 aliphatic rings. The van der Waals surface area contributed by atoms with Crippen molar-refractivity contribution < 1.29 is 9.53 Å². The van der Waals surface area contributed by atoms with Crippen LogP contribution in [0.2, 0.25) is 0 Å². The highest BCUT2D eigenvalue weighted by Gasteiger charge is 2.14. The first-order chi connectivity index (χ1) is 5.95. The van der Waals surface area contributed by atoms with Gasteiger partial charge in [-0.2, -0.15) is 0 Å². The van der Waals surface area contributed by atoms with Gasteiger partial charge in [0.25, 0.3) is 0 Å². The van der Waals surface area contributed by atoms with Crippen molar-refractivity contribution in [3.05, 3.63) is 24.4 Å². The average molecular weight is 183 g/mol. The Balaban J connectivity index is 3.76. The monoisotopic (exact) mass is 183 g/mol. The quantitative estimate of drug-likeness (QED) is 0.668. The predicted octanol–water partition coefficient (Wildman–Crippen LogP) is 2.60. The van der Waals surface area contributed by atoms with Crippen LogP contribution in [-0.2, 0) is 4.74 Å². The van der Waals surface area contributed by atoms with E-state index in [0.717, 1.165) is 0 Å². The number of hydrogen-bond acceptors (Lipinski definition) is 2. The normalized spacial score (nSPS) is 12.3. The van der Waals surface area contributed by atoms with Gasteiger partial charge in [-0.25, -0.2) is 4.79 Å². The van der Waals surface area contributed by atoms with Crippen molar-refractivity contribution >= 4 is 6.09 Å². The van der Waals surface area contributed by atoms with Gasteiger partial charge in [-0.1, -0.05) is 12.2 Å². The fourth-order valence-electron chi connectivity index (χ4n) is 0.590. The van der Waals surface area contributed by atoms with Gasteiger partial charge in [0.05, 0.1) is 0 Å². The van der Waals surface area contributed by atoms with Crippen molar-refractivity contribution in [2.24, 2.45) is 0 Å². The maximum atomic E-state index is 11.0. The van der Waals surface area contributed by atoms with E-state index in [9.17, 15) is 4.79 Å². The largest absolute Gasteiger partial charge is 0.444 e. The lowest BCUT2D eigenvalue weighted by Gasteiger charge is -2.18. The molecule has 0 atom stereocenters. The van der Waals surface area contributed by atoms with Crippen molar-refractivity contribution in [1.82, 2.24) is 5.32 Å². The first kappa shape index (κ1) is 11.8. The molecule has 1 amide bonds. The molecule has 0 spiro atoms. The number of alkyl carbamates (subject to hydrolysis) is 1. The molecular weight excluding hydrogens is 166 g/mol. The van der Waals surface area contributed by atoms with Gasteiger partial charge < -0.3 is 4.74 Å². The molecule has 0 bridgehead atoms. The van der Waals surface area contributed by atoms with E-state index < -0.39 is 11.7 Å². The molecule has 0 aromatic heterocycles. The minimum absolute atomic E-state index is 0.437. The van der Waals surface area contributed by atoms with Gasteiger partial charge in [-0.05, 0) is 33.8 Å². The predicted molar refractivity (Wildman–Crippen MR) is 53.3 cm³/mol. The summed E-state index contributed by atoms with van der Waals surface area (Å²) in [5, 5.41) is 2.48. The maximum absolute atomic E-state index is 11.0. The number of hydrogen-bond donors (Lipinski definition) is 1. The van der Waals surface area contributed by atoms with Gasteiger partial charge in [0.1, 0.15) is 5.60 Å². The summed E-state index contributed by atoms with van der Waals surface area (Å²) in [6.07, 6.45) is 6.51. The molecule has 0 saturated carbocycles. The van der Waals surface area contributed by atoms with Crippen LogP contribution in [0.5, 0.6) is 0 Å². The number of carbonyl (C=O) groups is 1. The molecule has 0 aliphatic heterocycles. The fourth-order valence-corrected chi connectivity index (χ4v) is 0.590. The van der Waals surface area contributed by atoms with E-state index in [0.29, 0.717) is 0 Å². The van der Waals surface area contributed by atoms with Crippen molar-refractivity contribution in [3.8, 4) is 0 Å². The molecule has 0 aromatic carbocycles. The summed E-state index contributed by atoms with van der Waals surface area (Å²) in [7, 11) is 0. The second kappa shape index (κ2) is 5.41. The molecule has 1 N–H and O–H groups in total. The van der Waals surface area contributed by atoms with Crippen LogP contribution in [0.25, 0.3) is 0 Å². The second-order valence-electron chi connectivity index (χ2n) is 3.53. The Kier molecular flexibility index (Phi) is 4.89. The van der Waals surface area contributed by atoms with Crippen LogP contribution in [0.3, 0.4) is 0 Å². The van der Waals surface area contributed by atoms with E-state index in [2.05, 4.69) is 5.32 Å².